The molecule has 0 aromatic carbocycles. The minimum atomic E-state index is -4.58. The van der Waals surface area contributed by atoms with Crippen molar-refractivity contribution in [1.29, 1.82) is 0 Å². The van der Waals surface area contributed by atoms with Crippen molar-refractivity contribution in [1.82, 2.24) is 19.5 Å². The van der Waals surface area contributed by atoms with Gasteiger partial charge in [-0.1, -0.05) is 4.18 Å². The van der Waals surface area contributed by atoms with E-state index < -0.39 is 31.4 Å². The number of rotatable bonds is 4. The molecule has 1 fully saturated rings. The van der Waals surface area contributed by atoms with Crippen LogP contribution in [-0.4, -0.2) is 58.0 Å². The number of anilines is 1. The largest absolute Gasteiger partial charge is 0.739 e. The Labute approximate surface area is 138 Å². The first-order valence-corrected chi connectivity index (χ1v) is 9.54. The number of aromatic nitrogens is 4. The van der Waals surface area contributed by atoms with E-state index in [1.807, 2.05) is 0 Å². The quantitative estimate of drug-likeness (QED) is 0.162. The van der Waals surface area contributed by atoms with Gasteiger partial charge in [0, 0.05) is 0 Å². The molecule has 14 heteroatoms. The van der Waals surface area contributed by atoms with Gasteiger partial charge >= 0.3 is 17.9 Å². The van der Waals surface area contributed by atoms with E-state index in [1.165, 1.54) is 17.2 Å². The van der Waals surface area contributed by atoms with E-state index in [4.69, 9.17) is 24.4 Å². The molecule has 0 amide bonds. The van der Waals surface area contributed by atoms with Crippen LogP contribution >= 0.6 is 6.72 Å². The lowest BCUT2D eigenvalue weighted by atomic mass is 10.1. The van der Waals surface area contributed by atoms with E-state index in [-0.39, 0.29) is 23.5 Å². The molecule has 0 spiro atoms. The van der Waals surface area contributed by atoms with Crippen molar-refractivity contribution < 1.29 is 33.8 Å². The minimum Gasteiger partial charge on any atom is -0.739 e. The van der Waals surface area contributed by atoms with Gasteiger partial charge in [0.1, 0.15) is 24.2 Å². The van der Waals surface area contributed by atoms with Crippen molar-refractivity contribution >= 4 is 34.9 Å². The summed E-state index contributed by atoms with van der Waals surface area (Å²) in [5.74, 6) is -1.94. The van der Waals surface area contributed by atoms with Crippen molar-refractivity contribution in [2.75, 3.05) is 12.3 Å². The van der Waals surface area contributed by atoms with Crippen LogP contribution in [0.4, 0.5) is 5.82 Å². The van der Waals surface area contributed by atoms with Gasteiger partial charge in [0.15, 0.2) is 11.5 Å². The van der Waals surface area contributed by atoms with Gasteiger partial charge in [0.05, 0.1) is 19.4 Å². The molecule has 3 atom stereocenters. The highest BCUT2D eigenvalue weighted by Gasteiger charge is 2.53. The summed E-state index contributed by atoms with van der Waals surface area (Å²) in [6.45, 7) is -5.21. The zero-order valence-corrected chi connectivity index (χ0v) is 13.7. The van der Waals surface area contributed by atoms with Crippen LogP contribution in [0.1, 0.15) is 12.6 Å². The lowest BCUT2D eigenvalue weighted by Crippen LogP contribution is -2.42. The zero-order chi connectivity index (χ0) is 17.5. The Morgan fingerprint density at radius 2 is 2.25 bits per heavy atom. The molecular formula is C10H14N5O7PS. The van der Waals surface area contributed by atoms with E-state index in [0.29, 0.717) is 11.2 Å². The van der Waals surface area contributed by atoms with Crippen molar-refractivity contribution in [2.45, 2.75) is 24.5 Å². The second-order valence-electron chi connectivity index (χ2n) is 5.04. The molecule has 3 heterocycles. The molecule has 3 rings (SSSR count). The molecule has 1 saturated heterocycles. The highest BCUT2D eigenvalue weighted by atomic mass is 32.5. The SMILES string of the molecule is Nc1ncnc2c1ncn2[C@H]1C[C@@](O)(O[S+]=P([O-])(O)O)[C@@H](CO)O1. The smallest absolute Gasteiger partial charge is 0.403 e. The molecule has 0 unspecified atom stereocenters. The van der Waals surface area contributed by atoms with Crippen LogP contribution in [0.3, 0.4) is 0 Å². The van der Waals surface area contributed by atoms with E-state index in [1.54, 1.807) is 0 Å². The monoisotopic (exact) mass is 379 g/mol. The number of aliphatic hydroxyl groups is 2. The van der Waals surface area contributed by atoms with Crippen LogP contribution in [0.25, 0.3) is 11.2 Å². The van der Waals surface area contributed by atoms with Crippen LogP contribution < -0.4 is 10.6 Å². The van der Waals surface area contributed by atoms with Crippen molar-refractivity contribution in [2.24, 2.45) is 0 Å². The van der Waals surface area contributed by atoms with E-state index >= 15 is 0 Å². The molecule has 1 aliphatic rings. The summed E-state index contributed by atoms with van der Waals surface area (Å²) in [5, 5.41) is 19.8. The maximum Gasteiger partial charge on any atom is 0.403 e. The first kappa shape index (κ1) is 17.5. The molecule has 0 bridgehead atoms. The van der Waals surface area contributed by atoms with Gasteiger partial charge in [-0.2, -0.15) is 0 Å². The number of aliphatic hydroxyl groups excluding tert-OH is 1. The van der Waals surface area contributed by atoms with Gasteiger partial charge in [-0.25, -0.2) is 15.0 Å². The Morgan fingerprint density at radius 3 is 2.92 bits per heavy atom. The maximum absolute atomic E-state index is 10.9. The molecule has 0 aliphatic carbocycles. The molecule has 24 heavy (non-hydrogen) atoms. The first-order chi connectivity index (χ1) is 11.2. The highest BCUT2D eigenvalue weighted by Crippen LogP contribution is 2.40. The van der Waals surface area contributed by atoms with Gasteiger partial charge in [-0.05, 0) is 0 Å². The fourth-order valence-electron chi connectivity index (χ4n) is 2.36. The Hall–Kier alpha value is -1.28. The molecule has 0 saturated carbocycles. The molecule has 2 aromatic heterocycles. The topological polar surface area (TPSA) is 192 Å². The summed E-state index contributed by atoms with van der Waals surface area (Å²) in [4.78, 5) is 40.6. The molecular weight excluding hydrogens is 365 g/mol. The normalized spacial score (nSPS) is 27.7. The number of hydrogen-bond acceptors (Lipinski definition) is 9. The standard InChI is InChI=1S/C10H14N5O7PS/c11-8-7-9(13-3-12-8)15(4-14-7)6-1-10(17,5(2-16)21-6)22-24-23(18,19)20/h3-6,16-17H,1-2H2,(H4-,11,12,13,18,19,20)/t5-,6-,10-/m1/s1. The Balaban J connectivity index is 1.92. The highest BCUT2D eigenvalue weighted by molar-refractivity contribution is 8.13. The number of hydrogen-bond donors (Lipinski definition) is 5. The van der Waals surface area contributed by atoms with E-state index in [0.717, 1.165) is 0 Å². The van der Waals surface area contributed by atoms with Crippen LogP contribution in [-0.2, 0) is 20.1 Å². The summed E-state index contributed by atoms with van der Waals surface area (Å²) in [7, 11) is 0. The zero-order valence-electron chi connectivity index (χ0n) is 12.0. The van der Waals surface area contributed by atoms with Crippen LogP contribution in [0.5, 0.6) is 0 Å². The van der Waals surface area contributed by atoms with Crippen molar-refractivity contribution in [3.8, 4) is 0 Å². The summed E-state index contributed by atoms with van der Waals surface area (Å²) in [6, 6.07) is 0. The number of nitrogens with two attached hydrogens (primary N) is 1. The lowest BCUT2D eigenvalue weighted by molar-refractivity contribution is -0.199. The molecule has 132 valence electrons. The molecule has 6 N–H and O–H groups in total. The fraction of sp³-hybridized carbons (Fsp3) is 0.500. The Kier molecular flexibility index (Phi) is 4.55. The number of nitrogen functional groups attached to an aromatic ring is 1. The Bertz CT molecular complexity index is 804. The van der Waals surface area contributed by atoms with Crippen LogP contribution in [0, 0.1) is 0 Å². The van der Waals surface area contributed by atoms with Crippen LogP contribution in [0.15, 0.2) is 12.7 Å². The summed E-state index contributed by atoms with van der Waals surface area (Å²) in [5.41, 5.74) is 6.38. The van der Waals surface area contributed by atoms with E-state index in [2.05, 4.69) is 15.0 Å². The van der Waals surface area contributed by atoms with Gasteiger partial charge in [-0.15, -0.1) is 0 Å². The lowest BCUT2D eigenvalue weighted by Gasteiger charge is -2.19. The summed E-state index contributed by atoms with van der Waals surface area (Å²) < 4.78 is 11.8. The second-order valence-corrected chi connectivity index (χ2v) is 8.21. The predicted octanol–water partition coefficient (Wildman–Crippen LogP) is -2.59. The third-order valence-electron chi connectivity index (χ3n) is 3.43. The summed E-state index contributed by atoms with van der Waals surface area (Å²) >= 11 is -0.191. The van der Waals surface area contributed by atoms with Gasteiger partial charge in [0.25, 0.3) is 5.79 Å². The second kappa shape index (κ2) is 6.22. The average molecular weight is 379 g/mol. The third-order valence-corrected chi connectivity index (χ3v) is 4.80. The molecule has 2 aromatic rings. The minimum absolute atomic E-state index is 0.166. The average Bonchev–Trinajstić information content (AvgIpc) is 3.07. The van der Waals surface area contributed by atoms with Crippen molar-refractivity contribution in [3.05, 3.63) is 12.7 Å². The first-order valence-electron chi connectivity index (χ1n) is 6.58. The maximum atomic E-state index is 10.9. The Morgan fingerprint density at radius 1 is 1.50 bits per heavy atom. The van der Waals surface area contributed by atoms with Gasteiger partial charge < -0.3 is 35.4 Å². The molecule has 0 radical (unpaired) electrons. The number of fused-ring (bicyclic) bond motifs is 1. The number of ether oxygens (including phenoxy) is 1. The van der Waals surface area contributed by atoms with Crippen LogP contribution in [0.2, 0.25) is 0 Å². The molecule has 1 aliphatic heterocycles. The van der Waals surface area contributed by atoms with Gasteiger partial charge in [0.2, 0.25) is 0 Å². The van der Waals surface area contributed by atoms with Gasteiger partial charge in [-0.3, -0.25) is 4.57 Å². The number of nitrogens with zero attached hydrogens (tertiary/aromatic N) is 4. The fourth-order valence-corrected chi connectivity index (χ4v) is 3.44. The van der Waals surface area contributed by atoms with Crippen molar-refractivity contribution in [3.63, 3.8) is 0 Å². The molecule has 12 nitrogen and oxygen atoms in total. The number of imidazole rings is 1. The summed E-state index contributed by atoms with van der Waals surface area (Å²) in [6.07, 6.45) is 0.319. The predicted molar refractivity (Wildman–Crippen MR) is 80.1 cm³/mol. The van der Waals surface area contributed by atoms with E-state index in [9.17, 15) is 15.1 Å². The third kappa shape index (κ3) is 3.26.